The van der Waals surface area contributed by atoms with Crippen molar-refractivity contribution in [3.63, 3.8) is 0 Å². The third-order valence-electron chi connectivity index (χ3n) is 3.41. The number of hydrogen-bond donors (Lipinski definition) is 2. The molecule has 120 valence electrons. The summed E-state index contributed by atoms with van der Waals surface area (Å²) >= 11 is 1.76. The van der Waals surface area contributed by atoms with Gasteiger partial charge in [0.2, 0.25) is 0 Å². The van der Waals surface area contributed by atoms with Crippen LogP contribution in [-0.4, -0.2) is 50.5 Å². The lowest BCUT2D eigenvalue weighted by Gasteiger charge is -2.19. The van der Waals surface area contributed by atoms with Gasteiger partial charge < -0.3 is 10.4 Å². The van der Waals surface area contributed by atoms with E-state index in [0.717, 1.165) is 12.2 Å². The van der Waals surface area contributed by atoms with Gasteiger partial charge in [0.1, 0.15) is 11.4 Å². The van der Waals surface area contributed by atoms with Crippen molar-refractivity contribution in [1.82, 2.24) is 15.1 Å². The van der Waals surface area contributed by atoms with E-state index < -0.39 is 11.0 Å². The fourth-order valence-electron chi connectivity index (χ4n) is 2.22. The zero-order chi connectivity index (χ0) is 16.0. The largest absolute Gasteiger partial charge is 0.390 e. The van der Waals surface area contributed by atoms with Gasteiger partial charge in [-0.15, -0.1) is 0 Å². The fraction of sp³-hybridized carbons (Fsp3) is 0.769. The summed E-state index contributed by atoms with van der Waals surface area (Å²) in [7, 11) is 0. The maximum absolute atomic E-state index is 10.9. The highest BCUT2D eigenvalue weighted by Crippen LogP contribution is 2.21. The van der Waals surface area contributed by atoms with Crippen molar-refractivity contribution >= 4 is 17.4 Å². The quantitative estimate of drug-likeness (QED) is 0.530. The van der Waals surface area contributed by atoms with Gasteiger partial charge >= 0.3 is 5.69 Å². The van der Waals surface area contributed by atoms with Crippen LogP contribution in [0.4, 0.5) is 5.69 Å². The normalized spacial score (nSPS) is 14.1. The Morgan fingerprint density at radius 2 is 2.19 bits per heavy atom. The molecule has 0 spiro atoms. The van der Waals surface area contributed by atoms with Crippen LogP contribution < -0.4 is 5.32 Å². The SMILES string of the molecule is CCC(CSC)NCC(O)Cn1nc(C)c([N+](=O)[O-])c1C. The fourth-order valence-corrected chi connectivity index (χ4v) is 2.97. The molecule has 0 aliphatic heterocycles. The minimum atomic E-state index is -0.626. The van der Waals surface area contributed by atoms with Crippen LogP contribution in [0.3, 0.4) is 0 Å². The standard InChI is InChI=1S/C13H24N4O3S/c1-5-11(8-21-4)14-6-12(18)7-16-10(3)13(17(19)20)9(2)15-16/h11-12,14,18H,5-8H2,1-4H3. The van der Waals surface area contributed by atoms with Gasteiger partial charge in [-0.3, -0.25) is 14.8 Å². The second-order valence-corrected chi connectivity index (χ2v) is 5.99. The van der Waals surface area contributed by atoms with Crippen LogP contribution in [0.5, 0.6) is 0 Å². The van der Waals surface area contributed by atoms with Gasteiger partial charge in [-0.25, -0.2) is 0 Å². The van der Waals surface area contributed by atoms with E-state index in [1.807, 2.05) is 0 Å². The minimum absolute atomic E-state index is 0.0315. The molecule has 1 aromatic heterocycles. The Balaban J connectivity index is 2.61. The molecule has 1 heterocycles. The molecule has 1 aromatic rings. The number of hydrogen-bond acceptors (Lipinski definition) is 6. The molecule has 8 heteroatoms. The number of aromatic nitrogens is 2. The van der Waals surface area contributed by atoms with Crippen molar-refractivity contribution in [2.45, 2.75) is 45.9 Å². The predicted molar refractivity (Wildman–Crippen MR) is 84.8 cm³/mol. The third-order valence-corrected chi connectivity index (χ3v) is 4.15. The zero-order valence-electron chi connectivity index (χ0n) is 13.0. The Hall–Kier alpha value is -1.12. The van der Waals surface area contributed by atoms with Crippen LogP contribution in [0.25, 0.3) is 0 Å². The molecule has 0 amide bonds. The summed E-state index contributed by atoms with van der Waals surface area (Å²) in [4.78, 5) is 10.5. The van der Waals surface area contributed by atoms with Crippen LogP contribution in [0.2, 0.25) is 0 Å². The van der Waals surface area contributed by atoms with Crippen molar-refractivity contribution in [3.8, 4) is 0 Å². The summed E-state index contributed by atoms with van der Waals surface area (Å²) in [5, 5.41) is 28.5. The highest BCUT2D eigenvalue weighted by atomic mass is 32.2. The molecule has 0 radical (unpaired) electrons. The molecule has 0 saturated carbocycles. The topological polar surface area (TPSA) is 93.2 Å². The average Bonchev–Trinajstić information content (AvgIpc) is 2.69. The molecule has 21 heavy (non-hydrogen) atoms. The van der Waals surface area contributed by atoms with E-state index in [4.69, 9.17) is 0 Å². The summed E-state index contributed by atoms with van der Waals surface area (Å²) in [6.07, 6.45) is 2.42. The molecule has 2 N–H and O–H groups in total. The first-order chi connectivity index (χ1) is 9.90. The summed E-state index contributed by atoms with van der Waals surface area (Å²) in [6, 6.07) is 0.365. The number of nitrogens with zero attached hydrogens (tertiary/aromatic N) is 3. The van der Waals surface area contributed by atoms with E-state index in [2.05, 4.69) is 23.6 Å². The molecule has 0 aliphatic carbocycles. The Labute approximate surface area is 129 Å². The lowest BCUT2D eigenvalue weighted by atomic mass is 10.2. The number of aliphatic hydroxyl groups excluding tert-OH is 1. The molecule has 2 unspecified atom stereocenters. The van der Waals surface area contributed by atoms with Crippen molar-refractivity contribution in [2.75, 3.05) is 18.6 Å². The van der Waals surface area contributed by atoms with E-state index in [9.17, 15) is 15.2 Å². The van der Waals surface area contributed by atoms with Crippen LogP contribution in [0.15, 0.2) is 0 Å². The van der Waals surface area contributed by atoms with Crippen molar-refractivity contribution < 1.29 is 10.0 Å². The van der Waals surface area contributed by atoms with Crippen LogP contribution in [0, 0.1) is 24.0 Å². The third kappa shape index (κ3) is 4.98. The monoisotopic (exact) mass is 316 g/mol. The van der Waals surface area contributed by atoms with Crippen molar-refractivity contribution in [2.24, 2.45) is 0 Å². The van der Waals surface area contributed by atoms with E-state index in [-0.39, 0.29) is 12.2 Å². The Kier molecular flexibility index (Phi) is 7.13. The first-order valence-electron chi connectivity index (χ1n) is 6.99. The average molecular weight is 316 g/mol. The number of rotatable bonds is 9. The molecule has 0 bridgehead atoms. The first kappa shape index (κ1) is 17.9. The molecule has 0 aromatic carbocycles. The van der Waals surface area contributed by atoms with Crippen molar-refractivity contribution in [3.05, 3.63) is 21.5 Å². The summed E-state index contributed by atoms with van der Waals surface area (Å²) < 4.78 is 1.51. The molecule has 7 nitrogen and oxygen atoms in total. The maximum Gasteiger partial charge on any atom is 0.312 e. The summed E-state index contributed by atoms with van der Waals surface area (Å²) in [6.45, 7) is 6.07. The van der Waals surface area contributed by atoms with Gasteiger partial charge in [0.05, 0.1) is 17.6 Å². The molecule has 1 rings (SSSR count). The van der Waals surface area contributed by atoms with E-state index >= 15 is 0 Å². The van der Waals surface area contributed by atoms with Gasteiger partial charge in [-0.1, -0.05) is 6.92 Å². The van der Waals surface area contributed by atoms with Crippen molar-refractivity contribution in [1.29, 1.82) is 0 Å². The molecular formula is C13H24N4O3S. The van der Waals surface area contributed by atoms with Gasteiger partial charge in [0.15, 0.2) is 0 Å². The highest BCUT2D eigenvalue weighted by molar-refractivity contribution is 7.98. The zero-order valence-corrected chi connectivity index (χ0v) is 13.8. The maximum atomic E-state index is 10.9. The summed E-state index contributed by atoms with van der Waals surface area (Å²) in [5.41, 5.74) is 0.892. The first-order valence-corrected chi connectivity index (χ1v) is 8.38. The molecule has 0 saturated heterocycles. The molecule has 0 fully saturated rings. The molecule has 0 aliphatic rings. The number of aliphatic hydroxyl groups is 1. The number of nitrogens with one attached hydrogen (secondary N) is 1. The lowest BCUT2D eigenvalue weighted by Crippen LogP contribution is -2.38. The molecule has 2 atom stereocenters. The van der Waals surface area contributed by atoms with E-state index in [1.54, 1.807) is 25.6 Å². The number of thioether (sulfide) groups is 1. The van der Waals surface area contributed by atoms with Crippen LogP contribution in [-0.2, 0) is 6.54 Å². The lowest BCUT2D eigenvalue weighted by molar-refractivity contribution is -0.386. The van der Waals surface area contributed by atoms with Gasteiger partial charge in [0.25, 0.3) is 0 Å². The second kappa shape index (κ2) is 8.35. The highest BCUT2D eigenvalue weighted by Gasteiger charge is 2.22. The van der Waals surface area contributed by atoms with E-state index in [1.165, 1.54) is 4.68 Å². The summed E-state index contributed by atoms with van der Waals surface area (Å²) in [5.74, 6) is 0.995. The number of nitro groups is 1. The van der Waals surface area contributed by atoms with Gasteiger partial charge in [-0.2, -0.15) is 16.9 Å². The van der Waals surface area contributed by atoms with Gasteiger partial charge in [-0.05, 0) is 26.5 Å². The Morgan fingerprint density at radius 1 is 1.52 bits per heavy atom. The smallest absolute Gasteiger partial charge is 0.312 e. The van der Waals surface area contributed by atoms with E-state index in [0.29, 0.717) is 24.0 Å². The van der Waals surface area contributed by atoms with Gasteiger partial charge in [0, 0.05) is 18.3 Å². The Bertz CT molecular complexity index is 478. The minimum Gasteiger partial charge on any atom is -0.390 e. The second-order valence-electron chi connectivity index (χ2n) is 5.08. The Morgan fingerprint density at radius 3 is 2.67 bits per heavy atom. The van der Waals surface area contributed by atoms with Crippen LogP contribution >= 0.6 is 11.8 Å². The number of aryl methyl sites for hydroxylation is 1. The predicted octanol–water partition coefficient (Wildman–Crippen LogP) is 1.50. The van der Waals surface area contributed by atoms with Crippen LogP contribution in [0.1, 0.15) is 24.7 Å². The molecular weight excluding hydrogens is 292 g/mol.